The van der Waals surface area contributed by atoms with Gasteiger partial charge in [0.05, 0.1) is 5.70 Å². The van der Waals surface area contributed by atoms with Crippen LogP contribution in [0.3, 0.4) is 0 Å². The Morgan fingerprint density at radius 1 is 1.11 bits per heavy atom. The summed E-state index contributed by atoms with van der Waals surface area (Å²) in [7, 11) is 0. The van der Waals surface area contributed by atoms with Crippen molar-refractivity contribution in [3.05, 3.63) is 71.1 Å². The van der Waals surface area contributed by atoms with Gasteiger partial charge in [-0.15, -0.1) is 0 Å². The van der Waals surface area contributed by atoms with Crippen LogP contribution in [0, 0.1) is 22.7 Å². The zero-order chi connectivity index (χ0) is 24.8. The highest BCUT2D eigenvalue weighted by Crippen LogP contribution is 2.62. The maximum Gasteiger partial charge on any atom is 0.205 e. The van der Waals surface area contributed by atoms with Gasteiger partial charge in [0, 0.05) is 35.3 Å². The summed E-state index contributed by atoms with van der Waals surface area (Å²) in [5.41, 5.74) is 5.15. The Kier molecular flexibility index (Phi) is 6.11. The van der Waals surface area contributed by atoms with Crippen LogP contribution in [0.4, 0.5) is 0 Å². The maximum atomic E-state index is 13.5. The molecular formula is C31H38N2O2. The quantitative estimate of drug-likeness (QED) is 0.377. The summed E-state index contributed by atoms with van der Waals surface area (Å²) >= 11 is 0. The first kappa shape index (κ1) is 23.8. The van der Waals surface area contributed by atoms with Crippen LogP contribution in [-0.4, -0.2) is 23.1 Å². The summed E-state index contributed by atoms with van der Waals surface area (Å²) < 4.78 is 0. The number of aromatic amines is 1. The van der Waals surface area contributed by atoms with Crippen molar-refractivity contribution < 1.29 is 9.59 Å². The fourth-order valence-corrected chi connectivity index (χ4v) is 7.21. The van der Waals surface area contributed by atoms with Crippen LogP contribution in [-0.2, 0) is 16.0 Å². The molecule has 35 heavy (non-hydrogen) atoms. The van der Waals surface area contributed by atoms with E-state index in [1.54, 1.807) is 6.08 Å². The molecule has 0 radical (unpaired) electrons. The molecule has 3 aliphatic carbocycles. The summed E-state index contributed by atoms with van der Waals surface area (Å²) in [4.78, 5) is 29.5. The van der Waals surface area contributed by atoms with Crippen LogP contribution in [0.5, 0.6) is 0 Å². The normalized spacial score (nSPS) is 31.0. The van der Waals surface area contributed by atoms with Crippen molar-refractivity contribution in [1.82, 2.24) is 10.3 Å². The lowest BCUT2D eigenvalue weighted by Gasteiger charge is -2.58. The fourth-order valence-electron chi connectivity index (χ4n) is 7.21. The van der Waals surface area contributed by atoms with E-state index >= 15 is 0 Å². The van der Waals surface area contributed by atoms with E-state index in [9.17, 15) is 9.59 Å². The molecule has 0 bridgehead atoms. The molecule has 2 N–H and O–H groups in total. The number of aromatic nitrogens is 1. The van der Waals surface area contributed by atoms with Gasteiger partial charge in [0.2, 0.25) is 5.78 Å². The van der Waals surface area contributed by atoms with E-state index in [0.717, 1.165) is 31.2 Å². The molecule has 4 nitrogen and oxygen atoms in total. The number of allylic oxidation sites excluding steroid dienone is 5. The second kappa shape index (κ2) is 8.96. The summed E-state index contributed by atoms with van der Waals surface area (Å²) in [6, 6.07) is 8.24. The highest BCUT2D eigenvalue weighted by molar-refractivity contribution is 6.20. The van der Waals surface area contributed by atoms with E-state index in [1.807, 2.05) is 18.3 Å². The van der Waals surface area contributed by atoms with Crippen molar-refractivity contribution in [1.29, 1.82) is 0 Å². The highest BCUT2D eigenvalue weighted by atomic mass is 16.1. The molecule has 184 valence electrons. The third kappa shape index (κ3) is 4.11. The first-order valence-corrected chi connectivity index (χ1v) is 13.2. The summed E-state index contributed by atoms with van der Waals surface area (Å²) in [6.07, 6.45) is 13.6. The van der Waals surface area contributed by atoms with Gasteiger partial charge in [-0.05, 0) is 85.8 Å². The average Bonchev–Trinajstić information content (AvgIpc) is 3.24. The van der Waals surface area contributed by atoms with Crippen molar-refractivity contribution in [2.24, 2.45) is 22.7 Å². The fraction of sp³-hybridized carbons (Fsp3) is 0.484. The van der Waals surface area contributed by atoms with E-state index in [-0.39, 0.29) is 22.4 Å². The van der Waals surface area contributed by atoms with Crippen molar-refractivity contribution in [2.45, 2.75) is 66.2 Å². The molecule has 0 amide bonds. The van der Waals surface area contributed by atoms with Gasteiger partial charge < -0.3 is 10.3 Å². The van der Waals surface area contributed by atoms with E-state index < -0.39 is 0 Å². The molecule has 1 saturated carbocycles. The first-order valence-electron chi connectivity index (χ1n) is 13.2. The Hall–Kier alpha value is -2.88. The average molecular weight is 471 g/mol. The molecule has 4 atom stereocenters. The highest BCUT2D eigenvalue weighted by Gasteiger charge is 2.53. The van der Waals surface area contributed by atoms with E-state index in [4.69, 9.17) is 0 Å². The van der Waals surface area contributed by atoms with E-state index in [1.165, 1.54) is 29.0 Å². The Labute approximate surface area is 209 Å². The molecule has 0 saturated heterocycles. The second-order valence-corrected chi connectivity index (χ2v) is 11.6. The number of Topliss-reactive ketones (excluding diaryl/α,β-unsaturated/α-hetero) is 1. The lowest BCUT2D eigenvalue weighted by atomic mass is 9.46. The molecule has 1 heterocycles. The molecule has 3 aliphatic rings. The van der Waals surface area contributed by atoms with E-state index in [2.05, 4.69) is 56.2 Å². The number of para-hydroxylation sites is 1. The maximum absolute atomic E-state index is 13.5. The zero-order valence-corrected chi connectivity index (χ0v) is 21.5. The van der Waals surface area contributed by atoms with Crippen molar-refractivity contribution in [2.75, 3.05) is 6.54 Å². The number of carbonyl (C=O) groups is 2. The van der Waals surface area contributed by atoms with Gasteiger partial charge in [-0.2, -0.15) is 0 Å². The van der Waals surface area contributed by atoms with Crippen LogP contribution in [0.2, 0.25) is 0 Å². The standard InChI is InChI=1S/C31H38N2O2/c1-20-8-7-11-28-30(20,3)14-12-21(2)31(28,4)18-23-16-24(34)17-27(29(23)35)32-15-13-22-19-33-26-10-6-5-9-25(22)26/h5-6,8-10,16-17,19,21,28,32-33H,7,11-15,18H2,1-4H3/t21-,28+,30+,31+/m0/s1. The second-order valence-electron chi connectivity index (χ2n) is 11.6. The molecule has 5 rings (SSSR count). The van der Waals surface area contributed by atoms with Gasteiger partial charge in [-0.1, -0.05) is 50.6 Å². The van der Waals surface area contributed by atoms with Crippen molar-refractivity contribution >= 4 is 22.5 Å². The minimum atomic E-state index is -0.0799. The topological polar surface area (TPSA) is 62.0 Å². The molecule has 0 aliphatic heterocycles. The first-order chi connectivity index (χ1) is 16.7. The van der Waals surface area contributed by atoms with Gasteiger partial charge in [0.1, 0.15) is 0 Å². The van der Waals surface area contributed by atoms with E-state index in [0.29, 0.717) is 36.1 Å². The minimum Gasteiger partial charge on any atom is -0.381 e. The number of carbonyl (C=O) groups excluding carboxylic acids is 2. The monoisotopic (exact) mass is 470 g/mol. The number of H-pyrrole nitrogens is 1. The van der Waals surface area contributed by atoms with Gasteiger partial charge in [0.15, 0.2) is 5.78 Å². The number of rotatable bonds is 6. The Balaban J connectivity index is 1.30. The molecule has 2 aromatic rings. The molecule has 1 fully saturated rings. The Morgan fingerprint density at radius 3 is 2.74 bits per heavy atom. The summed E-state index contributed by atoms with van der Waals surface area (Å²) in [6.45, 7) is 10.0. The molecule has 0 spiro atoms. The van der Waals surface area contributed by atoms with Gasteiger partial charge in [-0.25, -0.2) is 0 Å². The van der Waals surface area contributed by atoms with Gasteiger partial charge in [0.25, 0.3) is 0 Å². The Bertz CT molecular complexity index is 1260. The number of benzene rings is 1. The molecule has 4 heteroatoms. The lowest BCUT2D eigenvalue weighted by Crippen LogP contribution is -2.50. The molecule has 0 unspecified atom stereocenters. The van der Waals surface area contributed by atoms with Crippen LogP contribution in [0.25, 0.3) is 10.9 Å². The predicted octanol–water partition coefficient (Wildman–Crippen LogP) is 6.45. The largest absolute Gasteiger partial charge is 0.381 e. The third-order valence-corrected chi connectivity index (χ3v) is 9.69. The Morgan fingerprint density at radius 2 is 1.91 bits per heavy atom. The number of ketones is 2. The number of hydrogen-bond donors (Lipinski definition) is 2. The van der Waals surface area contributed by atoms with Crippen LogP contribution >= 0.6 is 0 Å². The van der Waals surface area contributed by atoms with Crippen LogP contribution < -0.4 is 5.32 Å². The van der Waals surface area contributed by atoms with Gasteiger partial charge >= 0.3 is 0 Å². The minimum absolute atomic E-state index is 0.00319. The van der Waals surface area contributed by atoms with Crippen molar-refractivity contribution in [3.8, 4) is 0 Å². The molecule has 1 aromatic carbocycles. The number of fused-ring (bicyclic) bond motifs is 2. The van der Waals surface area contributed by atoms with Gasteiger partial charge in [-0.3, -0.25) is 9.59 Å². The predicted molar refractivity (Wildman–Crippen MR) is 142 cm³/mol. The number of hydrogen-bond acceptors (Lipinski definition) is 3. The lowest BCUT2D eigenvalue weighted by molar-refractivity contribution is -0.116. The zero-order valence-electron chi connectivity index (χ0n) is 21.5. The SMILES string of the molecule is CC1=CCC[C@H]2[C@](C)(CC3=CC(=O)C=C(NCCc4c[nH]c5ccccc45)C3=O)[C@@H](C)CC[C@]12C. The smallest absolute Gasteiger partial charge is 0.205 e. The summed E-state index contributed by atoms with van der Waals surface area (Å²) in [5.74, 6) is 0.951. The van der Waals surface area contributed by atoms with Crippen molar-refractivity contribution in [3.63, 3.8) is 0 Å². The van der Waals surface area contributed by atoms with Crippen LogP contribution in [0.1, 0.15) is 65.4 Å². The third-order valence-electron chi connectivity index (χ3n) is 9.69. The molecule has 1 aromatic heterocycles. The molecular weight excluding hydrogens is 432 g/mol. The number of nitrogens with one attached hydrogen (secondary N) is 2. The summed E-state index contributed by atoms with van der Waals surface area (Å²) in [5, 5.41) is 4.50. The van der Waals surface area contributed by atoms with Crippen LogP contribution in [0.15, 0.2) is 65.5 Å².